The number of rotatable bonds is 7. The average Bonchev–Trinajstić information content (AvgIpc) is 2.94. The van der Waals surface area contributed by atoms with Crippen molar-refractivity contribution in [2.45, 2.75) is 52.6 Å². The van der Waals surface area contributed by atoms with E-state index >= 15 is 0 Å². The van der Waals surface area contributed by atoms with E-state index in [0.29, 0.717) is 0 Å². The van der Waals surface area contributed by atoms with Crippen LogP contribution in [0, 0.1) is 0 Å². The number of nitrogens with zero attached hydrogens (tertiary/aromatic N) is 1. The fraction of sp³-hybridized carbons (Fsp3) is 0.588. The molecule has 0 atom stereocenters. The van der Waals surface area contributed by atoms with Gasteiger partial charge in [0, 0.05) is 31.7 Å². The van der Waals surface area contributed by atoms with Crippen LogP contribution in [-0.4, -0.2) is 23.9 Å². The van der Waals surface area contributed by atoms with Crippen LogP contribution in [0.2, 0.25) is 0 Å². The van der Waals surface area contributed by atoms with Crippen molar-refractivity contribution in [2.75, 3.05) is 13.1 Å². The summed E-state index contributed by atoms with van der Waals surface area (Å²) in [7, 11) is 0. The van der Waals surface area contributed by atoms with Crippen molar-refractivity contribution in [3.05, 3.63) is 34.9 Å². The molecule has 0 fully saturated rings. The lowest BCUT2D eigenvalue weighted by molar-refractivity contribution is 0.0751. The van der Waals surface area contributed by atoms with Gasteiger partial charge in [0.05, 0.1) is 0 Å². The third-order valence-electron chi connectivity index (χ3n) is 3.93. The molecule has 1 heterocycles. The summed E-state index contributed by atoms with van der Waals surface area (Å²) in [5, 5.41) is 3.33. The van der Waals surface area contributed by atoms with Gasteiger partial charge in [-0.1, -0.05) is 32.8 Å². The zero-order valence-electron chi connectivity index (χ0n) is 12.7. The molecule has 0 unspecified atom stereocenters. The zero-order chi connectivity index (χ0) is 14.4. The Bertz CT molecular complexity index is 448. The lowest BCUT2D eigenvalue weighted by Gasteiger charge is -2.22. The second-order valence-electron chi connectivity index (χ2n) is 5.59. The van der Waals surface area contributed by atoms with Crippen molar-refractivity contribution in [3.63, 3.8) is 0 Å². The minimum Gasteiger partial charge on any atom is -0.339 e. The van der Waals surface area contributed by atoms with E-state index in [1.54, 1.807) is 0 Å². The molecule has 0 bridgehead atoms. The van der Waals surface area contributed by atoms with E-state index in [9.17, 15) is 4.79 Å². The van der Waals surface area contributed by atoms with Gasteiger partial charge in [0.15, 0.2) is 0 Å². The SMILES string of the molecule is CCCCN(CCCC)C(=O)c1ccc2c(c1)CNC2. The molecule has 2 rings (SSSR count). The molecule has 110 valence electrons. The Hall–Kier alpha value is -1.35. The van der Waals surface area contributed by atoms with Crippen LogP contribution in [0.5, 0.6) is 0 Å². The molecule has 0 saturated carbocycles. The third kappa shape index (κ3) is 3.60. The first-order chi connectivity index (χ1) is 9.76. The first-order valence-electron chi connectivity index (χ1n) is 7.88. The maximum Gasteiger partial charge on any atom is 0.253 e. The highest BCUT2D eigenvalue weighted by Gasteiger charge is 2.17. The number of benzene rings is 1. The fourth-order valence-electron chi connectivity index (χ4n) is 2.62. The number of amides is 1. The number of carbonyl (C=O) groups excluding carboxylic acids is 1. The molecular weight excluding hydrogens is 248 g/mol. The standard InChI is InChI=1S/C17H26N2O/c1-3-5-9-19(10-6-4-2)17(20)14-7-8-15-12-18-13-16(15)11-14/h7-8,11,18H,3-6,9-10,12-13H2,1-2H3. The monoisotopic (exact) mass is 274 g/mol. The number of fused-ring (bicyclic) bond motifs is 1. The van der Waals surface area contributed by atoms with E-state index in [1.807, 2.05) is 11.0 Å². The summed E-state index contributed by atoms with van der Waals surface area (Å²) >= 11 is 0. The third-order valence-corrected chi connectivity index (χ3v) is 3.93. The molecule has 0 radical (unpaired) electrons. The van der Waals surface area contributed by atoms with Gasteiger partial charge in [0.1, 0.15) is 0 Å². The van der Waals surface area contributed by atoms with E-state index in [4.69, 9.17) is 0 Å². The van der Waals surface area contributed by atoms with Gasteiger partial charge >= 0.3 is 0 Å². The minimum atomic E-state index is 0.196. The number of hydrogen-bond acceptors (Lipinski definition) is 2. The smallest absolute Gasteiger partial charge is 0.253 e. The average molecular weight is 274 g/mol. The normalized spacial score (nSPS) is 13.3. The van der Waals surface area contributed by atoms with Crippen molar-refractivity contribution < 1.29 is 4.79 Å². The second kappa shape index (κ2) is 7.44. The van der Waals surface area contributed by atoms with Gasteiger partial charge in [0.2, 0.25) is 0 Å². The van der Waals surface area contributed by atoms with Gasteiger partial charge in [-0.2, -0.15) is 0 Å². The Morgan fingerprint density at radius 3 is 2.40 bits per heavy atom. The molecule has 1 aromatic rings. The van der Waals surface area contributed by atoms with Crippen LogP contribution in [0.1, 0.15) is 61.0 Å². The highest BCUT2D eigenvalue weighted by molar-refractivity contribution is 5.94. The van der Waals surface area contributed by atoms with E-state index in [-0.39, 0.29) is 5.91 Å². The van der Waals surface area contributed by atoms with Crippen molar-refractivity contribution in [1.82, 2.24) is 10.2 Å². The van der Waals surface area contributed by atoms with E-state index in [0.717, 1.165) is 57.4 Å². The van der Waals surface area contributed by atoms with Crippen molar-refractivity contribution in [1.29, 1.82) is 0 Å². The lowest BCUT2D eigenvalue weighted by atomic mass is 10.1. The first-order valence-corrected chi connectivity index (χ1v) is 7.88. The van der Waals surface area contributed by atoms with Crippen LogP contribution in [0.3, 0.4) is 0 Å². The largest absolute Gasteiger partial charge is 0.339 e. The van der Waals surface area contributed by atoms with Gasteiger partial charge in [-0.3, -0.25) is 4.79 Å². The molecule has 1 N–H and O–H groups in total. The fourth-order valence-corrected chi connectivity index (χ4v) is 2.62. The molecule has 3 heteroatoms. The van der Waals surface area contributed by atoms with Crippen LogP contribution in [0.4, 0.5) is 0 Å². The summed E-state index contributed by atoms with van der Waals surface area (Å²) in [6, 6.07) is 6.15. The van der Waals surface area contributed by atoms with Crippen LogP contribution in [0.25, 0.3) is 0 Å². The molecule has 1 aromatic carbocycles. The molecule has 3 nitrogen and oxygen atoms in total. The van der Waals surface area contributed by atoms with E-state index < -0.39 is 0 Å². The van der Waals surface area contributed by atoms with Crippen LogP contribution in [-0.2, 0) is 13.1 Å². The molecular formula is C17H26N2O. The Morgan fingerprint density at radius 1 is 1.10 bits per heavy atom. The number of carbonyl (C=O) groups is 1. The maximum absolute atomic E-state index is 12.7. The van der Waals surface area contributed by atoms with Gasteiger partial charge < -0.3 is 10.2 Å². The maximum atomic E-state index is 12.7. The number of nitrogens with one attached hydrogen (secondary N) is 1. The van der Waals surface area contributed by atoms with E-state index in [2.05, 4.69) is 31.3 Å². The topological polar surface area (TPSA) is 32.3 Å². The quantitative estimate of drug-likeness (QED) is 0.827. The van der Waals surface area contributed by atoms with Gasteiger partial charge in [0.25, 0.3) is 5.91 Å². The summed E-state index contributed by atoms with van der Waals surface area (Å²) < 4.78 is 0. The first kappa shape index (κ1) is 15.0. The zero-order valence-corrected chi connectivity index (χ0v) is 12.7. The number of hydrogen-bond donors (Lipinski definition) is 1. The molecule has 0 aliphatic carbocycles. The van der Waals surface area contributed by atoms with Gasteiger partial charge in [-0.05, 0) is 36.1 Å². The second-order valence-corrected chi connectivity index (χ2v) is 5.59. The highest BCUT2D eigenvalue weighted by Crippen LogP contribution is 2.18. The van der Waals surface area contributed by atoms with E-state index in [1.165, 1.54) is 11.1 Å². The predicted molar refractivity (Wildman–Crippen MR) is 82.7 cm³/mol. The van der Waals surface area contributed by atoms with Crippen LogP contribution < -0.4 is 5.32 Å². The summed E-state index contributed by atoms with van der Waals surface area (Å²) in [4.78, 5) is 14.7. The molecule has 0 aromatic heterocycles. The molecule has 0 spiro atoms. The molecule has 1 amide bonds. The Morgan fingerprint density at radius 2 is 1.75 bits per heavy atom. The summed E-state index contributed by atoms with van der Waals surface area (Å²) in [6.07, 6.45) is 4.43. The summed E-state index contributed by atoms with van der Waals surface area (Å²) in [5.74, 6) is 0.196. The van der Waals surface area contributed by atoms with Crippen LogP contribution in [0.15, 0.2) is 18.2 Å². The van der Waals surface area contributed by atoms with Crippen molar-refractivity contribution in [3.8, 4) is 0 Å². The van der Waals surface area contributed by atoms with Crippen molar-refractivity contribution >= 4 is 5.91 Å². The molecule has 0 saturated heterocycles. The molecule has 1 aliphatic heterocycles. The summed E-state index contributed by atoms with van der Waals surface area (Å²) in [6.45, 7) is 7.92. The Kier molecular flexibility index (Phi) is 5.60. The Balaban J connectivity index is 2.09. The van der Waals surface area contributed by atoms with Gasteiger partial charge in [-0.25, -0.2) is 0 Å². The summed E-state index contributed by atoms with van der Waals surface area (Å²) in [5.41, 5.74) is 3.46. The van der Waals surface area contributed by atoms with Crippen molar-refractivity contribution in [2.24, 2.45) is 0 Å². The van der Waals surface area contributed by atoms with Gasteiger partial charge in [-0.15, -0.1) is 0 Å². The van der Waals surface area contributed by atoms with Crippen LogP contribution >= 0.6 is 0 Å². The minimum absolute atomic E-state index is 0.196. The molecule has 1 aliphatic rings. The lowest BCUT2D eigenvalue weighted by Crippen LogP contribution is -2.33. The predicted octanol–water partition coefficient (Wildman–Crippen LogP) is 3.33. The highest BCUT2D eigenvalue weighted by atomic mass is 16.2. The Labute approximate surface area is 122 Å². The number of unbranched alkanes of at least 4 members (excludes halogenated alkanes) is 2. The molecule has 20 heavy (non-hydrogen) atoms.